The summed E-state index contributed by atoms with van der Waals surface area (Å²) in [6.07, 6.45) is 1.71. The van der Waals surface area contributed by atoms with Crippen LogP contribution in [-0.4, -0.2) is 11.9 Å². The van der Waals surface area contributed by atoms with E-state index in [9.17, 15) is 4.79 Å². The van der Waals surface area contributed by atoms with Gasteiger partial charge < -0.3 is 5.32 Å². The molecule has 1 unspecified atom stereocenters. The molecule has 0 aromatic rings. The molecule has 0 rings (SSSR count). The predicted octanol–water partition coefficient (Wildman–Crippen LogP) is 0.981. The maximum absolute atomic E-state index is 10.5. The van der Waals surface area contributed by atoms with Crippen molar-refractivity contribution in [1.82, 2.24) is 5.32 Å². The first-order valence-corrected chi connectivity index (χ1v) is 3.38. The van der Waals surface area contributed by atoms with E-state index in [-0.39, 0.29) is 5.91 Å². The van der Waals surface area contributed by atoms with Crippen molar-refractivity contribution in [3.8, 4) is 6.07 Å². The van der Waals surface area contributed by atoms with Crippen molar-refractivity contribution < 1.29 is 4.79 Å². The third-order valence-electron chi connectivity index (χ3n) is 0.998. The van der Waals surface area contributed by atoms with Crippen LogP contribution in [0.5, 0.6) is 0 Å². The van der Waals surface area contributed by atoms with Gasteiger partial charge in [0, 0.05) is 6.92 Å². The number of rotatable bonds is 2. The molecule has 1 N–H and O–H groups in total. The van der Waals surface area contributed by atoms with Gasteiger partial charge in [-0.15, -0.1) is 0 Å². The van der Waals surface area contributed by atoms with E-state index in [1.54, 1.807) is 6.08 Å². The number of nitriles is 1. The van der Waals surface area contributed by atoms with Gasteiger partial charge in [-0.2, -0.15) is 5.26 Å². The third-order valence-corrected chi connectivity index (χ3v) is 0.998. The Kier molecular flexibility index (Phi) is 3.97. The van der Waals surface area contributed by atoms with Crippen LogP contribution in [0.3, 0.4) is 0 Å². The van der Waals surface area contributed by atoms with Crippen molar-refractivity contribution in [2.45, 2.75) is 26.8 Å². The van der Waals surface area contributed by atoms with Crippen LogP contribution in [0, 0.1) is 11.3 Å². The summed E-state index contributed by atoms with van der Waals surface area (Å²) >= 11 is 0. The lowest BCUT2D eigenvalue weighted by molar-refractivity contribution is -0.119. The largest absolute Gasteiger partial charge is 0.337 e. The second-order valence-corrected chi connectivity index (χ2v) is 2.55. The molecule has 3 nitrogen and oxygen atoms in total. The van der Waals surface area contributed by atoms with Gasteiger partial charge in [-0.3, -0.25) is 4.79 Å². The first-order valence-electron chi connectivity index (χ1n) is 3.38. The lowest BCUT2D eigenvalue weighted by atomic mass is 10.2. The molecule has 0 saturated heterocycles. The lowest BCUT2D eigenvalue weighted by Crippen LogP contribution is -2.30. The molecule has 0 aliphatic carbocycles. The van der Waals surface area contributed by atoms with Crippen LogP contribution < -0.4 is 5.32 Å². The van der Waals surface area contributed by atoms with Gasteiger partial charge in [0.25, 0.3) is 0 Å². The van der Waals surface area contributed by atoms with Crippen molar-refractivity contribution in [3.05, 3.63) is 11.6 Å². The average molecular weight is 152 g/mol. The van der Waals surface area contributed by atoms with Crippen LogP contribution in [0.25, 0.3) is 0 Å². The third kappa shape index (κ3) is 5.16. The van der Waals surface area contributed by atoms with E-state index < -0.39 is 6.04 Å². The van der Waals surface area contributed by atoms with Gasteiger partial charge >= 0.3 is 0 Å². The van der Waals surface area contributed by atoms with E-state index in [2.05, 4.69) is 5.32 Å². The summed E-state index contributed by atoms with van der Waals surface area (Å²) in [4.78, 5) is 10.5. The van der Waals surface area contributed by atoms with E-state index in [4.69, 9.17) is 5.26 Å². The Morgan fingerprint density at radius 3 is 2.36 bits per heavy atom. The van der Waals surface area contributed by atoms with Crippen molar-refractivity contribution in [1.29, 1.82) is 5.26 Å². The summed E-state index contributed by atoms with van der Waals surface area (Å²) in [7, 11) is 0. The molecule has 3 heteroatoms. The van der Waals surface area contributed by atoms with Crippen molar-refractivity contribution in [2.24, 2.45) is 0 Å². The van der Waals surface area contributed by atoms with Gasteiger partial charge in [0.15, 0.2) is 0 Å². The van der Waals surface area contributed by atoms with Crippen molar-refractivity contribution in [3.63, 3.8) is 0 Å². The molecule has 0 aliphatic rings. The van der Waals surface area contributed by atoms with E-state index in [0.29, 0.717) is 0 Å². The fourth-order valence-corrected chi connectivity index (χ4v) is 0.664. The number of amides is 1. The Balaban J connectivity index is 4.11. The van der Waals surface area contributed by atoms with Crippen LogP contribution in [-0.2, 0) is 4.79 Å². The van der Waals surface area contributed by atoms with Crippen molar-refractivity contribution in [2.75, 3.05) is 0 Å². The second-order valence-electron chi connectivity index (χ2n) is 2.55. The molecule has 0 aromatic carbocycles. The molecule has 0 spiro atoms. The van der Waals surface area contributed by atoms with Gasteiger partial charge in [-0.05, 0) is 19.9 Å². The average Bonchev–Trinajstić information content (AvgIpc) is 1.84. The first kappa shape index (κ1) is 9.70. The number of allylic oxidation sites excluding steroid dienone is 1. The van der Waals surface area contributed by atoms with E-state index >= 15 is 0 Å². The number of hydrogen-bond donors (Lipinski definition) is 1. The normalized spacial score (nSPS) is 11.1. The molecule has 1 atom stereocenters. The lowest BCUT2D eigenvalue weighted by Gasteiger charge is -2.04. The van der Waals surface area contributed by atoms with Gasteiger partial charge in [-0.1, -0.05) is 5.57 Å². The Morgan fingerprint density at radius 2 is 2.09 bits per heavy atom. The number of carbonyl (C=O) groups is 1. The van der Waals surface area contributed by atoms with E-state index in [1.807, 2.05) is 19.9 Å². The smallest absolute Gasteiger partial charge is 0.218 e. The first-order chi connectivity index (χ1) is 5.06. The molecule has 0 heterocycles. The fourth-order valence-electron chi connectivity index (χ4n) is 0.664. The number of hydrogen-bond acceptors (Lipinski definition) is 2. The number of nitrogens with zero attached hydrogens (tertiary/aromatic N) is 1. The summed E-state index contributed by atoms with van der Waals surface area (Å²) < 4.78 is 0. The molecule has 0 radical (unpaired) electrons. The zero-order valence-electron chi connectivity index (χ0n) is 7.01. The highest BCUT2D eigenvalue weighted by molar-refractivity contribution is 5.73. The van der Waals surface area contributed by atoms with Crippen LogP contribution in [0.15, 0.2) is 11.6 Å². The Labute approximate surface area is 66.7 Å². The molecule has 60 valence electrons. The quantitative estimate of drug-likeness (QED) is 0.600. The van der Waals surface area contributed by atoms with Crippen LogP contribution in [0.1, 0.15) is 20.8 Å². The highest BCUT2D eigenvalue weighted by atomic mass is 16.1. The van der Waals surface area contributed by atoms with Crippen LogP contribution in [0.4, 0.5) is 0 Å². The Morgan fingerprint density at radius 1 is 1.55 bits per heavy atom. The van der Waals surface area contributed by atoms with Gasteiger partial charge in [0.2, 0.25) is 5.91 Å². The number of nitrogens with one attached hydrogen (secondary N) is 1. The monoisotopic (exact) mass is 152 g/mol. The van der Waals surface area contributed by atoms with Crippen LogP contribution >= 0.6 is 0 Å². The van der Waals surface area contributed by atoms with E-state index in [0.717, 1.165) is 5.57 Å². The zero-order valence-corrected chi connectivity index (χ0v) is 7.01. The molecule has 0 fully saturated rings. The Hall–Kier alpha value is -1.30. The predicted molar refractivity (Wildman–Crippen MR) is 42.6 cm³/mol. The maximum Gasteiger partial charge on any atom is 0.218 e. The molecule has 0 saturated carbocycles. The molecule has 0 aliphatic heterocycles. The minimum absolute atomic E-state index is 0.186. The molecular formula is C8H12N2O. The van der Waals surface area contributed by atoms with E-state index in [1.165, 1.54) is 6.92 Å². The minimum Gasteiger partial charge on any atom is -0.337 e. The minimum atomic E-state index is -0.488. The van der Waals surface area contributed by atoms with Crippen LogP contribution in [0.2, 0.25) is 0 Å². The maximum atomic E-state index is 10.5. The van der Waals surface area contributed by atoms with Crippen molar-refractivity contribution >= 4 is 5.91 Å². The van der Waals surface area contributed by atoms with Gasteiger partial charge in [0.1, 0.15) is 6.04 Å². The SMILES string of the molecule is CC(=O)NC(C#N)C=C(C)C. The summed E-state index contributed by atoms with van der Waals surface area (Å²) in [5.41, 5.74) is 1.02. The second kappa shape index (κ2) is 4.51. The zero-order chi connectivity index (χ0) is 8.85. The standard InChI is InChI=1S/C8H12N2O/c1-6(2)4-8(5-9)10-7(3)11/h4,8H,1-3H3,(H,10,11). The summed E-state index contributed by atoms with van der Waals surface area (Å²) in [6, 6.07) is 1.47. The summed E-state index contributed by atoms with van der Waals surface area (Å²) in [5.74, 6) is -0.186. The number of carbonyl (C=O) groups excluding carboxylic acids is 1. The summed E-state index contributed by atoms with van der Waals surface area (Å²) in [6.45, 7) is 5.15. The Bertz CT molecular complexity index is 209. The molecular weight excluding hydrogens is 140 g/mol. The molecule has 0 aromatic heterocycles. The fraction of sp³-hybridized carbons (Fsp3) is 0.500. The topological polar surface area (TPSA) is 52.9 Å². The molecule has 11 heavy (non-hydrogen) atoms. The summed E-state index contributed by atoms with van der Waals surface area (Å²) in [5, 5.41) is 11.0. The molecule has 1 amide bonds. The highest BCUT2D eigenvalue weighted by Gasteiger charge is 2.02. The van der Waals surface area contributed by atoms with Gasteiger partial charge in [0.05, 0.1) is 6.07 Å². The highest BCUT2D eigenvalue weighted by Crippen LogP contribution is 1.92. The van der Waals surface area contributed by atoms with Gasteiger partial charge in [-0.25, -0.2) is 0 Å². The molecule has 0 bridgehead atoms.